The second-order valence-electron chi connectivity index (χ2n) is 6.66. The zero-order valence-corrected chi connectivity index (χ0v) is 16.8. The third kappa shape index (κ3) is 4.13. The molecule has 0 fully saturated rings. The number of carbonyl (C=O) groups excluding carboxylic acids is 1. The van der Waals surface area contributed by atoms with Crippen molar-refractivity contribution in [2.75, 3.05) is 19.4 Å². The number of hydrogen-bond donors (Lipinski definition) is 1. The normalized spacial score (nSPS) is 12.0. The molecular weight excluding hydrogens is 372 g/mol. The highest BCUT2D eigenvalue weighted by molar-refractivity contribution is 7.89. The van der Waals surface area contributed by atoms with E-state index in [0.29, 0.717) is 5.69 Å². The van der Waals surface area contributed by atoms with Crippen LogP contribution < -0.4 is 5.32 Å². The Bertz CT molecular complexity index is 1160. The van der Waals surface area contributed by atoms with Crippen LogP contribution in [0.3, 0.4) is 0 Å². The van der Waals surface area contributed by atoms with Gasteiger partial charge >= 0.3 is 0 Å². The van der Waals surface area contributed by atoms with Crippen LogP contribution in [0.2, 0.25) is 0 Å². The minimum absolute atomic E-state index is 0.136. The number of hydrogen-bond acceptors (Lipinski definition) is 3. The van der Waals surface area contributed by atoms with Crippen LogP contribution in [0.5, 0.6) is 0 Å². The standard InChI is InChI=1S/C22H22N2O3S/c1-16-11-13-19(28(26,27)24(2)3)15-21(16)23-22(25)14-12-18-9-6-8-17-7-4-5-10-20(17)18/h4-15H,1-3H3,(H,23,25)/b14-12+. The number of fused-ring (bicyclic) bond motifs is 1. The molecule has 0 aliphatic rings. The molecule has 1 amide bonds. The van der Waals surface area contributed by atoms with Gasteiger partial charge in [0, 0.05) is 25.9 Å². The minimum atomic E-state index is -3.57. The molecule has 0 saturated heterocycles. The largest absolute Gasteiger partial charge is 0.322 e. The van der Waals surface area contributed by atoms with Crippen LogP contribution in [0.1, 0.15) is 11.1 Å². The number of amides is 1. The molecule has 0 unspecified atom stereocenters. The maximum absolute atomic E-state index is 12.4. The van der Waals surface area contributed by atoms with Crippen molar-refractivity contribution in [1.29, 1.82) is 0 Å². The van der Waals surface area contributed by atoms with Crippen molar-refractivity contribution in [2.45, 2.75) is 11.8 Å². The van der Waals surface area contributed by atoms with E-state index in [-0.39, 0.29) is 10.8 Å². The fourth-order valence-electron chi connectivity index (χ4n) is 2.84. The van der Waals surface area contributed by atoms with Crippen LogP contribution >= 0.6 is 0 Å². The summed E-state index contributed by atoms with van der Waals surface area (Å²) in [6.07, 6.45) is 3.21. The predicted octanol–water partition coefficient (Wildman–Crippen LogP) is 4.05. The van der Waals surface area contributed by atoms with Gasteiger partial charge in [-0.1, -0.05) is 48.5 Å². The molecule has 0 spiro atoms. The Morgan fingerprint density at radius 3 is 2.46 bits per heavy atom. The third-order valence-corrected chi connectivity index (χ3v) is 6.29. The first kappa shape index (κ1) is 19.8. The molecule has 0 bridgehead atoms. The van der Waals surface area contributed by atoms with E-state index in [0.717, 1.165) is 26.2 Å². The second-order valence-corrected chi connectivity index (χ2v) is 8.81. The van der Waals surface area contributed by atoms with Gasteiger partial charge in [0.2, 0.25) is 15.9 Å². The van der Waals surface area contributed by atoms with Gasteiger partial charge in [0.05, 0.1) is 4.90 Å². The van der Waals surface area contributed by atoms with Crippen LogP contribution in [-0.4, -0.2) is 32.7 Å². The molecule has 0 aromatic heterocycles. The van der Waals surface area contributed by atoms with E-state index in [1.165, 1.54) is 32.3 Å². The SMILES string of the molecule is Cc1ccc(S(=O)(=O)N(C)C)cc1NC(=O)/C=C/c1cccc2ccccc12. The topological polar surface area (TPSA) is 66.5 Å². The molecule has 0 radical (unpaired) electrons. The maximum atomic E-state index is 12.4. The van der Waals surface area contributed by atoms with Crippen molar-refractivity contribution in [3.8, 4) is 0 Å². The average Bonchev–Trinajstić information content (AvgIpc) is 2.67. The first-order chi connectivity index (χ1) is 13.3. The summed E-state index contributed by atoms with van der Waals surface area (Å²) in [4.78, 5) is 12.5. The van der Waals surface area contributed by atoms with Crippen molar-refractivity contribution in [1.82, 2.24) is 4.31 Å². The highest BCUT2D eigenvalue weighted by Crippen LogP contribution is 2.23. The molecule has 1 N–H and O–H groups in total. The molecule has 5 nitrogen and oxygen atoms in total. The molecule has 0 atom stereocenters. The molecule has 144 valence electrons. The van der Waals surface area contributed by atoms with Crippen LogP contribution in [0.25, 0.3) is 16.8 Å². The van der Waals surface area contributed by atoms with Gasteiger partial charge in [-0.05, 0) is 47.0 Å². The number of rotatable bonds is 5. The summed E-state index contributed by atoms with van der Waals surface area (Å²) in [6, 6.07) is 18.6. The molecule has 3 aromatic carbocycles. The number of nitrogens with zero attached hydrogens (tertiary/aromatic N) is 1. The number of aryl methyl sites for hydroxylation is 1. The molecule has 6 heteroatoms. The van der Waals surface area contributed by atoms with Gasteiger partial charge in [0.15, 0.2) is 0 Å². The number of anilines is 1. The predicted molar refractivity (Wildman–Crippen MR) is 114 cm³/mol. The first-order valence-electron chi connectivity index (χ1n) is 8.79. The Hall–Kier alpha value is -2.96. The van der Waals surface area contributed by atoms with Crippen LogP contribution in [0.15, 0.2) is 71.6 Å². The Kier molecular flexibility index (Phi) is 5.63. The Morgan fingerprint density at radius 1 is 1.00 bits per heavy atom. The van der Waals surface area contributed by atoms with E-state index in [4.69, 9.17) is 0 Å². The number of nitrogens with one attached hydrogen (secondary N) is 1. The summed E-state index contributed by atoms with van der Waals surface area (Å²) < 4.78 is 25.8. The van der Waals surface area contributed by atoms with E-state index < -0.39 is 10.0 Å². The van der Waals surface area contributed by atoms with Crippen LogP contribution in [-0.2, 0) is 14.8 Å². The van der Waals surface area contributed by atoms with Crippen molar-refractivity contribution < 1.29 is 13.2 Å². The molecule has 3 rings (SSSR count). The lowest BCUT2D eigenvalue weighted by atomic mass is 10.0. The fraction of sp³-hybridized carbons (Fsp3) is 0.136. The number of benzene rings is 3. The van der Waals surface area contributed by atoms with Gasteiger partial charge in [0.25, 0.3) is 0 Å². The first-order valence-corrected chi connectivity index (χ1v) is 10.2. The monoisotopic (exact) mass is 394 g/mol. The summed E-state index contributed by atoms with van der Waals surface area (Å²) in [7, 11) is -0.622. The second kappa shape index (κ2) is 7.96. The third-order valence-electron chi connectivity index (χ3n) is 4.48. The maximum Gasteiger partial charge on any atom is 0.248 e. The molecule has 28 heavy (non-hydrogen) atoms. The van der Waals surface area contributed by atoms with Gasteiger partial charge in [-0.2, -0.15) is 0 Å². The van der Waals surface area contributed by atoms with Crippen molar-refractivity contribution in [3.05, 3.63) is 77.9 Å². The summed E-state index contributed by atoms with van der Waals surface area (Å²) in [6.45, 7) is 1.82. The van der Waals surface area contributed by atoms with Gasteiger partial charge in [0.1, 0.15) is 0 Å². The van der Waals surface area contributed by atoms with E-state index in [1.54, 1.807) is 12.1 Å². The minimum Gasteiger partial charge on any atom is -0.322 e. The summed E-state index contributed by atoms with van der Waals surface area (Å²) in [5, 5.41) is 4.93. The van der Waals surface area contributed by atoms with Crippen LogP contribution in [0.4, 0.5) is 5.69 Å². The van der Waals surface area contributed by atoms with E-state index in [2.05, 4.69) is 5.32 Å². The molecule has 0 aliphatic heterocycles. The number of sulfonamides is 1. The van der Waals surface area contributed by atoms with Crippen LogP contribution in [0, 0.1) is 6.92 Å². The van der Waals surface area contributed by atoms with Gasteiger partial charge in [-0.15, -0.1) is 0 Å². The highest BCUT2D eigenvalue weighted by Gasteiger charge is 2.18. The lowest BCUT2D eigenvalue weighted by Crippen LogP contribution is -2.22. The van der Waals surface area contributed by atoms with Crippen molar-refractivity contribution in [3.63, 3.8) is 0 Å². The van der Waals surface area contributed by atoms with E-state index in [9.17, 15) is 13.2 Å². The van der Waals surface area contributed by atoms with Gasteiger partial charge in [-0.25, -0.2) is 12.7 Å². The zero-order chi connectivity index (χ0) is 20.3. The highest BCUT2D eigenvalue weighted by atomic mass is 32.2. The Balaban J connectivity index is 1.84. The molecule has 3 aromatic rings. The molecular formula is C22H22N2O3S. The van der Waals surface area contributed by atoms with Crippen molar-refractivity contribution >= 4 is 38.5 Å². The fourth-order valence-corrected chi connectivity index (χ4v) is 3.77. The van der Waals surface area contributed by atoms with Crippen molar-refractivity contribution in [2.24, 2.45) is 0 Å². The number of carbonyl (C=O) groups is 1. The quantitative estimate of drug-likeness (QED) is 0.664. The Morgan fingerprint density at radius 2 is 1.71 bits per heavy atom. The average molecular weight is 394 g/mol. The Labute approximate surface area is 165 Å². The summed E-state index contributed by atoms with van der Waals surface area (Å²) in [5.74, 6) is -0.324. The lowest BCUT2D eigenvalue weighted by molar-refractivity contribution is -0.111. The van der Waals surface area contributed by atoms with E-state index >= 15 is 0 Å². The summed E-state index contributed by atoms with van der Waals surface area (Å²) >= 11 is 0. The smallest absolute Gasteiger partial charge is 0.248 e. The lowest BCUT2D eigenvalue weighted by Gasteiger charge is -2.14. The molecule has 0 aliphatic carbocycles. The van der Waals surface area contributed by atoms with E-state index in [1.807, 2.05) is 49.4 Å². The van der Waals surface area contributed by atoms with Gasteiger partial charge in [-0.3, -0.25) is 4.79 Å². The molecule has 0 heterocycles. The van der Waals surface area contributed by atoms with Gasteiger partial charge < -0.3 is 5.32 Å². The molecule has 0 saturated carbocycles. The zero-order valence-electron chi connectivity index (χ0n) is 16.0. The summed E-state index contributed by atoms with van der Waals surface area (Å²) in [5.41, 5.74) is 2.19.